The second-order valence-electron chi connectivity index (χ2n) is 3.02. The number of alkyl halides is 1. The van der Waals surface area contributed by atoms with Gasteiger partial charge in [0.1, 0.15) is 0 Å². The lowest BCUT2D eigenvalue weighted by Crippen LogP contribution is -2.00. The van der Waals surface area contributed by atoms with Crippen molar-refractivity contribution in [3.63, 3.8) is 0 Å². The highest BCUT2D eigenvalue weighted by molar-refractivity contribution is 7.89. The third-order valence-corrected chi connectivity index (χ3v) is 2.74. The van der Waals surface area contributed by atoms with Gasteiger partial charge >= 0.3 is 0 Å². The van der Waals surface area contributed by atoms with Gasteiger partial charge in [-0.05, 0) is 11.1 Å². The summed E-state index contributed by atoms with van der Waals surface area (Å²) in [7, 11) is -2.95. The standard InChI is InChI=1S/C9H11ClO2S/c1-13(11,12)7-9-4-2-3-8(5-9)6-10/h2-5H,6-7H2,1H3. The predicted octanol–water partition coefficient (Wildman–Crippen LogP) is 1.97. The molecule has 1 aromatic rings. The van der Waals surface area contributed by atoms with Crippen LogP contribution < -0.4 is 0 Å². The minimum Gasteiger partial charge on any atom is -0.229 e. The minimum atomic E-state index is -2.95. The monoisotopic (exact) mass is 218 g/mol. The van der Waals surface area contributed by atoms with Crippen LogP contribution in [-0.4, -0.2) is 14.7 Å². The molecule has 0 aliphatic heterocycles. The fourth-order valence-electron chi connectivity index (χ4n) is 1.11. The molecule has 0 aliphatic rings. The maximum atomic E-state index is 11.0. The first-order valence-electron chi connectivity index (χ1n) is 3.83. The summed E-state index contributed by atoms with van der Waals surface area (Å²) in [6, 6.07) is 7.29. The highest BCUT2D eigenvalue weighted by Crippen LogP contribution is 2.10. The third kappa shape index (κ3) is 3.79. The molecule has 1 aromatic carbocycles. The number of rotatable bonds is 3. The van der Waals surface area contributed by atoms with E-state index in [0.717, 1.165) is 11.1 Å². The van der Waals surface area contributed by atoms with Crippen LogP contribution >= 0.6 is 11.6 Å². The largest absolute Gasteiger partial charge is 0.229 e. The zero-order valence-electron chi connectivity index (χ0n) is 7.33. The predicted molar refractivity (Wildman–Crippen MR) is 54.5 cm³/mol. The summed E-state index contributed by atoms with van der Waals surface area (Å²) < 4.78 is 21.9. The zero-order chi connectivity index (χ0) is 9.90. The first kappa shape index (κ1) is 10.5. The van der Waals surface area contributed by atoms with Gasteiger partial charge in [-0.1, -0.05) is 24.3 Å². The molecule has 0 radical (unpaired) electrons. The number of sulfone groups is 1. The molecule has 0 N–H and O–H groups in total. The van der Waals surface area contributed by atoms with Gasteiger partial charge in [-0.2, -0.15) is 0 Å². The van der Waals surface area contributed by atoms with Gasteiger partial charge in [-0.25, -0.2) is 8.42 Å². The average molecular weight is 219 g/mol. The van der Waals surface area contributed by atoms with Crippen LogP contribution in [-0.2, 0) is 21.5 Å². The van der Waals surface area contributed by atoms with Crippen LogP contribution in [0.15, 0.2) is 24.3 Å². The third-order valence-electron chi connectivity index (χ3n) is 1.57. The van der Waals surface area contributed by atoms with Gasteiger partial charge in [-0.3, -0.25) is 0 Å². The van der Waals surface area contributed by atoms with E-state index in [1.54, 1.807) is 6.07 Å². The molecule has 2 nitrogen and oxygen atoms in total. The first-order valence-corrected chi connectivity index (χ1v) is 6.42. The molecule has 0 atom stereocenters. The van der Waals surface area contributed by atoms with Gasteiger partial charge in [0.25, 0.3) is 0 Å². The topological polar surface area (TPSA) is 34.1 Å². The van der Waals surface area contributed by atoms with Crippen LogP contribution in [0.5, 0.6) is 0 Å². The lowest BCUT2D eigenvalue weighted by molar-refractivity contribution is 0.601. The summed E-state index contributed by atoms with van der Waals surface area (Å²) in [5, 5.41) is 0. The van der Waals surface area contributed by atoms with Crippen LogP contribution in [0.4, 0.5) is 0 Å². The van der Waals surface area contributed by atoms with Crippen molar-refractivity contribution in [2.75, 3.05) is 6.26 Å². The van der Waals surface area contributed by atoms with Crippen LogP contribution in [0, 0.1) is 0 Å². The molecule has 0 aromatic heterocycles. The normalized spacial score (nSPS) is 11.5. The Kier molecular flexibility index (Phi) is 3.33. The van der Waals surface area contributed by atoms with Crippen molar-refractivity contribution < 1.29 is 8.42 Å². The minimum absolute atomic E-state index is 0.0811. The van der Waals surface area contributed by atoms with Crippen LogP contribution in [0.25, 0.3) is 0 Å². The summed E-state index contributed by atoms with van der Waals surface area (Å²) in [5.74, 6) is 0.495. The van der Waals surface area contributed by atoms with Gasteiger partial charge in [-0.15, -0.1) is 11.6 Å². The summed E-state index contributed by atoms with van der Waals surface area (Å²) in [6.07, 6.45) is 1.22. The zero-order valence-corrected chi connectivity index (χ0v) is 8.90. The van der Waals surface area contributed by atoms with Gasteiger partial charge in [0, 0.05) is 12.1 Å². The van der Waals surface area contributed by atoms with Crippen molar-refractivity contribution in [3.8, 4) is 0 Å². The van der Waals surface area contributed by atoms with E-state index in [2.05, 4.69) is 0 Å². The molecule has 4 heteroatoms. The maximum absolute atomic E-state index is 11.0. The Bertz CT molecular complexity index is 384. The van der Waals surface area contributed by atoms with Crippen molar-refractivity contribution in [1.82, 2.24) is 0 Å². The lowest BCUT2D eigenvalue weighted by Gasteiger charge is -2.01. The number of benzene rings is 1. The second-order valence-corrected chi connectivity index (χ2v) is 5.43. The van der Waals surface area contributed by atoms with E-state index in [-0.39, 0.29) is 5.75 Å². The summed E-state index contributed by atoms with van der Waals surface area (Å²) in [5.41, 5.74) is 1.74. The smallest absolute Gasteiger partial charge is 0.151 e. The molecule has 0 saturated heterocycles. The van der Waals surface area contributed by atoms with Gasteiger partial charge in [0.05, 0.1) is 5.75 Å². The van der Waals surface area contributed by atoms with Crippen molar-refractivity contribution in [3.05, 3.63) is 35.4 Å². The fourth-order valence-corrected chi connectivity index (χ4v) is 2.06. The Balaban J connectivity index is 2.90. The molecule has 0 spiro atoms. The molecule has 0 aliphatic carbocycles. The van der Waals surface area contributed by atoms with Gasteiger partial charge < -0.3 is 0 Å². The molecule has 1 rings (SSSR count). The number of hydrogen-bond acceptors (Lipinski definition) is 2. The van der Waals surface area contributed by atoms with E-state index >= 15 is 0 Å². The first-order chi connectivity index (χ1) is 6.01. The summed E-state index contributed by atoms with van der Waals surface area (Å²) in [4.78, 5) is 0. The highest BCUT2D eigenvalue weighted by Gasteiger charge is 2.04. The SMILES string of the molecule is CS(=O)(=O)Cc1cccc(CCl)c1. The van der Waals surface area contributed by atoms with E-state index in [1.165, 1.54) is 6.26 Å². The second kappa shape index (κ2) is 4.11. The molecule has 0 heterocycles. The Morgan fingerprint density at radius 2 is 1.92 bits per heavy atom. The van der Waals surface area contributed by atoms with E-state index in [9.17, 15) is 8.42 Å². The van der Waals surface area contributed by atoms with Crippen LogP contribution in [0.3, 0.4) is 0 Å². The van der Waals surface area contributed by atoms with Crippen LogP contribution in [0.1, 0.15) is 11.1 Å². The Hall–Kier alpha value is -0.540. The highest BCUT2D eigenvalue weighted by atomic mass is 35.5. The van der Waals surface area contributed by atoms with E-state index in [1.807, 2.05) is 18.2 Å². The molecule has 0 amide bonds. The van der Waals surface area contributed by atoms with E-state index in [4.69, 9.17) is 11.6 Å². The molecule has 0 fully saturated rings. The molecule has 0 unspecified atom stereocenters. The van der Waals surface area contributed by atoms with Crippen molar-refractivity contribution in [2.24, 2.45) is 0 Å². The van der Waals surface area contributed by atoms with Crippen molar-refractivity contribution in [1.29, 1.82) is 0 Å². The summed E-state index contributed by atoms with van der Waals surface area (Å²) in [6.45, 7) is 0. The van der Waals surface area contributed by atoms with E-state index in [0.29, 0.717) is 5.88 Å². The van der Waals surface area contributed by atoms with Crippen molar-refractivity contribution in [2.45, 2.75) is 11.6 Å². The molecular weight excluding hydrogens is 208 g/mol. The number of halogens is 1. The quantitative estimate of drug-likeness (QED) is 0.727. The Morgan fingerprint density at radius 3 is 2.46 bits per heavy atom. The molecule has 72 valence electrons. The molecule has 0 saturated carbocycles. The van der Waals surface area contributed by atoms with E-state index < -0.39 is 9.84 Å². The molecule has 0 bridgehead atoms. The van der Waals surface area contributed by atoms with Crippen LogP contribution in [0.2, 0.25) is 0 Å². The number of hydrogen-bond donors (Lipinski definition) is 0. The van der Waals surface area contributed by atoms with Crippen molar-refractivity contribution >= 4 is 21.4 Å². The average Bonchev–Trinajstić information content (AvgIpc) is 2.01. The summed E-state index contributed by atoms with van der Waals surface area (Å²) >= 11 is 5.62. The fraction of sp³-hybridized carbons (Fsp3) is 0.333. The molecule has 13 heavy (non-hydrogen) atoms. The van der Waals surface area contributed by atoms with Gasteiger partial charge in [0.15, 0.2) is 9.84 Å². The maximum Gasteiger partial charge on any atom is 0.151 e. The Labute approximate surface area is 83.5 Å². The Morgan fingerprint density at radius 1 is 1.31 bits per heavy atom. The lowest BCUT2D eigenvalue weighted by atomic mass is 10.2. The van der Waals surface area contributed by atoms with Gasteiger partial charge in [0.2, 0.25) is 0 Å². The molecular formula is C9H11ClO2S.